The first-order valence-electron chi connectivity index (χ1n) is 4.13. The summed E-state index contributed by atoms with van der Waals surface area (Å²) in [7, 11) is 0. The molecule has 0 radical (unpaired) electrons. The number of carbonyl (C=O) groups excluding carboxylic acids is 1. The van der Waals surface area contributed by atoms with Crippen molar-refractivity contribution in [2.75, 3.05) is 13.1 Å². The van der Waals surface area contributed by atoms with Crippen LogP contribution in [0.2, 0.25) is 0 Å². The van der Waals surface area contributed by atoms with Gasteiger partial charge in [0.05, 0.1) is 0 Å². The second-order valence-corrected chi connectivity index (χ2v) is 3.48. The molecule has 0 aliphatic rings. The highest BCUT2D eigenvalue weighted by Crippen LogP contribution is 2.17. The molecule has 0 saturated heterocycles. The van der Waals surface area contributed by atoms with Crippen LogP contribution in [-0.4, -0.2) is 19.2 Å². The molecule has 0 aliphatic carbocycles. The smallest absolute Gasteiger partial charge is 0.410 e. The van der Waals surface area contributed by atoms with Crippen LogP contribution < -0.4 is 15.8 Å². The largest absolute Gasteiger partial charge is 0.412 e. The fourth-order valence-electron chi connectivity index (χ4n) is 0.848. The maximum Gasteiger partial charge on any atom is 0.412 e. The number of hydrogen-bond donors (Lipinski definition) is 2. The van der Waals surface area contributed by atoms with Crippen molar-refractivity contribution in [3.05, 3.63) is 28.7 Å². The first-order valence-corrected chi connectivity index (χ1v) is 4.93. The van der Waals surface area contributed by atoms with Gasteiger partial charge in [-0.25, -0.2) is 4.79 Å². The Balaban J connectivity index is 2.47. The van der Waals surface area contributed by atoms with Gasteiger partial charge in [-0.3, -0.25) is 0 Å². The maximum absolute atomic E-state index is 11.1. The van der Waals surface area contributed by atoms with Gasteiger partial charge in [0, 0.05) is 17.6 Å². The summed E-state index contributed by atoms with van der Waals surface area (Å²) < 4.78 is 5.82. The van der Waals surface area contributed by atoms with Crippen LogP contribution in [-0.2, 0) is 0 Å². The van der Waals surface area contributed by atoms with E-state index in [1.54, 1.807) is 18.2 Å². The van der Waals surface area contributed by atoms with Crippen molar-refractivity contribution in [3.8, 4) is 5.75 Å². The third kappa shape index (κ3) is 3.76. The summed E-state index contributed by atoms with van der Waals surface area (Å²) in [6, 6.07) is 7.05. The van der Waals surface area contributed by atoms with Crippen LogP contribution >= 0.6 is 15.9 Å². The topological polar surface area (TPSA) is 64.3 Å². The van der Waals surface area contributed by atoms with Gasteiger partial charge in [-0.05, 0) is 18.2 Å². The Hall–Kier alpha value is -1.07. The van der Waals surface area contributed by atoms with Crippen LogP contribution in [0.25, 0.3) is 0 Å². The number of rotatable bonds is 3. The van der Waals surface area contributed by atoms with Crippen LogP contribution in [0, 0.1) is 0 Å². The van der Waals surface area contributed by atoms with Crippen molar-refractivity contribution in [2.24, 2.45) is 5.73 Å². The molecule has 76 valence electrons. The minimum Gasteiger partial charge on any atom is -0.410 e. The van der Waals surface area contributed by atoms with E-state index in [0.717, 1.165) is 4.47 Å². The van der Waals surface area contributed by atoms with Gasteiger partial charge < -0.3 is 15.8 Å². The molecule has 1 amide bonds. The summed E-state index contributed by atoms with van der Waals surface area (Å²) in [4.78, 5) is 11.1. The first-order chi connectivity index (χ1) is 6.72. The Morgan fingerprint density at radius 3 is 3.00 bits per heavy atom. The van der Waals surface area contributed by atoms with Crippen molar-refractivity contribution in [1.29, 1.82) is 0 Å². The molecule has 1 rings (SSSR count). The Morgan fingerprint density at radius 1 is 1.57 bits per heavy atom. The number of nitrogens with two attached hydrogens (primary N) is 1. The number of ether oxygens (including phenoxy) is 1. The molecule has 0 heterocycles. The van der Waals surface area contributed by atoms with E-state index in [0.29, 0.717) is 18.8 Å². The van der Waals surface area contributed by atoms with E-state index in [2.05, 4.69) is 21.2 Å². The molecular formula is C9H11BrN2O2. The van der Waals surface area contributed by atoms with Gasteiger partial charge in [-0.2, -0.15) is 0 Å². The molecule has 1 aromatic carbocycles. The molecule has 5 heteroatoms. The molecule has 0 atom stereocenters. The van der Waals surface area contributed by atoms with Gasteiger partial charge in [0.15, 0.2) is 0 Å². The highest BCUT2D eigenvalue weighted by Gasteiger charge is 2.02. The zero-order valence-electron chi connectivity index (χ0n) is 7.50. The van der Waals surface area contributed by atoms with E-state index in [9.17, 15) is 4.79 Å². The predicted molar refractivity (Wildman–Crippen MR) is 57.2 cm³/mol. The zero-order chi connectivity index (χ0) is 10.4. The highest BCUT2D eigenvalue weighted by molar-refractivity contribution is 9.10. The van der Waals surface area contributed by atoms with Gasteiger partial charge in [-0.1, -0.05) is 22.0 Å². The number of halogens is 1. The van der Waals surface area contributed by atoms with E-state index >= 15 is 0 Å². The monoisotopic (exact) mass is 258 g/mol. The van der Waals surface area contributed by atoms with Crippen molar-refractivity contribution in [1.82, 2.24) is 5.32 Å². The SMILES string of the molecule is NCCNC(=O)Oc1cccc(Br)c1. The number of hydrogen-bond acceptors (Lipinski definition) is 3. The molecule has 14 heavy (non-hydrogen) atoms. The fraction of sp³-hybridized carbons (Fsp3) is 0.222. The van der Waals surface area contributed by atoms with E-state index in [4.69, 9.17) is 10.5 Å². The van der Waals surface area contributed by atoms with E-state index < -0.39 is 6.09 Å². The van der Waals surface area contributed by atoms with Gasteiger partial charge in [0.2, 0.25) is 0 Å². The summed E-state index contributed by atoms with van der Waals surface area (Å²) in [5.74, 6) is 0.494. The molecule has 0 aliphatic heterocycles. The molecular weight excluding hydrogens is 248 g/mol. The van der Waals surface area contributed by atoms with Crippen molar-refractivity contribution < 1.29 is 9.53 Å². The van der Waals surface area contributed by atoms with Gasteiger partial charge >= 0.3 is 6.09 Å². The molecule has 0 bridgehead atoms. The second kappa shape index (κ2) is 5.62. The summed E-state index contributed by atoms with van der Waals surface area (Å²) in [6.45, 7) is 0.806. The standard InChI is InChI=1S/C9H11BrN2O2/c10-7-2-1-3-8(6-7)14-9(13)12-5-4-11/h1-3,6H,4-5,11H2,(H,12,13). The Kier molecular flexibility index (Phi) is 4.42. The lowest BCUT2D eigenvalue weighted by Crippen LogP contribution is -2.31. The number of nitrogens with one attached hydrogen (secondary N) is 1. The second-order valence-electron chi connectivity index (χ2n) is 2.56. The fourth-order valence-corrected chi connectivity index (χ4v) is 1.23. The zero-order valence-corrected chi connectivity index (χ0v) is 9.08. The van der Waals surface area contributed by atoms with Crippen LogP contribution in [0.4, 0.5) is 4.79 Å². The lowest BCUT2D eigenvalue weighted by molar-refractivity contribution is 0.201. The van der Waals surface area contributed by atoms with Crippen molar-refractivity contribution in [2.45, 2.75) is 0 Å². The van der Waals surface area contributed by atoms with Gasteiger partial charge in [0.1, 0.15) is 5.75 Å². The average molecular weight is 259 g/mol. The third-order valence-corrected chi connectivity index (χ3v) is 1.91. The minimum atomic E-state index is -0.492. The predicted octanol–water partition coefficient (Wildman–Crippen LogP) is 1.50. The van der Waals surface area contributed by atoms with Crippen LogP contribution in [0.1, 0.15) is 0 Å². The summed E-state index contributed by atoms with van der Waals surface area (Å²) in [5, 5.41) is 2.50. The van der Waals surface area contributed by atoms with E-state index in [-0.39, 0.29) is 0 Å². The van der Waals surface area contributed by atoms with Crippen LogP contribution in [0.15, 0.2) is 28.7 Å². The van der Waals surface area contributed by atoms with Crippen LogP contribution in [0.3, 0.4) is 0 Å². The molecule has 0 aromatic heterocycles. The molecule has 1 aromatic rings. The van der Waals surface area contributed by atoms with Gasteiger partial charge in [-0.15, -0.1) is 0 Å². The Morgan fingerprint density at radius 2 is 2.36 bits per heavy atom. The number of amides is 1. The highest BCUT2D eigenvalue weighted by atomic mass is 79.9. The Labute approximate surface area is 90.6 Å². The molecule has 4 nitrogen and oxygen atoms in total. The number of benzene rings is 1. The summed E-state index contributed by atoms with van der Waals surface area (Å²) >= 11 is 3.27. The Bertz CT molecular complexity index is 317. The molecule has 0 saturated carbocycles. The minimum absolute atomic E-state index is 0.396. The molecule has 3 N–H and O–H groups in total. The molecule has 0 spiro atoms. The molecule has 0 unspecified atom stereocenters. The third-order valence-electron chi connectivity index (χ3n) is 1.42. The lowest BCUT2D eigenvalue weighted by atomic mass is 10.3. The number of carbonyl (C=O) groups is 1. The van der Waals surface area contributed by atoms with Crippen LogP contribution in [0.5, 0.6) is 5.75 Å². The quantitative estimate of drug-likeness (QED) is 0.864. The maximum atomic E-state index is 11.1. The average Bonchev–Trinajstić information content (AvgIpc) is 2.15. The first kappa shape index (κ1) is 11.0. The van der Waals surface area contributed by atoms with Crippen molar-refractivity contribution in [3.63, 3.8) is 0 Å². The summed E-state index contributed by atoms with van der Waals surface area (Å²) in [6.07, 6.45) is -0.492. The van der Waals surface area contributed by atoms with Gasteiger partial charge in [0.25, 0.3) is 0 Å². The van der Waals surface area contributed by atoms with E-state index in [1.165, 1.54) is 0 Å². The normalized spacial score (nSPS) is 9.57. The summed E-state index contributed by atoms with van der Waals surface area (Å²) in [5.41, 5.74) is 5.22. The lowest BCUT2D eigenvalue weighted by Gasteiger charge is -2.05. The molecule has 0 fully saturated rings. The van der Waals surface area contributed by atoms with Crippen molar-refractivity contribution >= 4 is 22.0 Å². The van der Waals surface area contributed by atoms with E-state index in [1.807, 2.05) is 6.07 Å².